The Kier molecular flexibility index (Phi) is 5.28. The van der Waals surface area contributed by atoms with Crippen LogP contribution in [0.2, 0.25) is 0 Å². The van der Waals surface area contributed by atoms with Gasteiger partial charge in [-0.25, -0.2) is 9.37 Å². The highest BCUT2D eigenvalue weighted by Gasteiger charge is 2.36. The van der Waals surface area contributed by atoms with Crippen molar-refractivity contribution in [3.63, 3.8) is 0 Å². The topological polar surface area (TPSA) is 73.2 Å². The molecule has 0 atom stereocenters. The molecule has 0 bridgehead atoms. The summed E-state index contributed by atoms with van der Waals surface area (Å²) >= 11 is 0.839. The van der Waals surface area contributed by atoms with Crippen molar-refractivity contribution in [1.29, 1.82) is 0 Å². The lowest BCUT2D eigenvalue weighted by Gasteiger charge is -2.04. The van der Waals surface area contributed by atoms with Gasteiger partial charge in [-0.3, -0.25) is 0 Å². The van der Waals surface area contributed by atoms with Gasteiger partial charge in [0.2, 0.25) is 5.82 Å². The molecule has 2 aromatic carbocycles. The Morgan fingerprint density at radius 3 is 2.15 bits per heavy atom. The fourth-order valence-corrected chi connectivity index (χ4v) is 2.63. The zero-order valence-electron chi connectivity index (χ0n) is 12.9. The summed E-state index contributed by atoms with van der Waals surface area (Å²) in [5, 5.41) is 0. The average Bonchev–Trinajstić information content (AvgIpc) is 3.07. The number of hydrogen-bond donors (Lipinski definition) is 2. The molecular weight excluding hydrogens is 374 g/mol. The number of rotatable bonds is 5. The first-order chi connectivity index (χ1) is 12.4. The number of nitrogens with one attached hydrogen (secondary N) is 1. The Morgan fingerprint density at radius 1 is 0.962 bits per heavy atom. The SMILES string of the molecule is NOOSc1ccc(-c2nc(C(F)(F)F)[nH]c2-c2ccc(F)cc2)cc1. The van der Waals surface area contributed by atoms with E-state index in [2.05, 4.69) is 19.3 Å². The third-order valence-electron chi connectivity index (χ3n) is 3.40. The van der Waals surface area contributed by atoms with E-state index >= 15 is 0 Å². The number of H-pyrrole nitrogens is 1. The van der Waals surface area contributed by atoms with Gasteiger partial charge >= 0.3 is 6.18 Å². The molecule has 3 N–H and O–H groups in total. The third kappa shape index (κ3) is 4.05. The highest BCUT2D eigenvalue weighted by molar-refractivity contribution is 7.94. The van der Waals surface area contributed by atoms with Gasteiger partial charge in [-0.2, -0.15) is 19.1 Å². The van der Waals surface area contributed by atoms with Crippen LogP contribution in [-0.2, 0) is 15.5 Å². The van der Waals surface area contributed by atoms with E-state index in [1.54, 1.807) is 24.3 Å². The van der Waals surface area contributed by atoms with Crippen LogP contribution in [0.5, 0.6) is 0 Å². The smallest absolute Gasteiger partial charge is 0.334 e. The van der Waals surface area contributed by atoms with Gasteiger partial charge in [0.05, 0.1) is 23.4 Å². The van der Waals surface area contributed by atoms with Crippen molar-refractivity contribution in [2.24, 2.45) is 5.90 Å². The minimum Gasteiger partial charge on any atom is -0.334 e. The summed E-state index contributed by atoms with van der Waals surface area (Å²) in [6, 6.07) is 11.4. The van der Waals surface area contributed by atoms with Gasteiger partial charge in [-0.1, -0.05) is 12.1 Å². The van der Waals surface area contributed by atoms with Crippen molar-refractivity contribution in [3.05, 3.63) is 60.2 Å². The van der Waals surface area contributed by atoms with Gasteiger partial charge < -0.3 is 4.98 Å². The maximum atomic E-state index is 13.1. The monoisotopic (exact) mass is 385 g/mol. The van der Waals surface area contributed by atoms with Gasteiger partial charge in [0.1, 0.15) is 5.82 Å². The number of nitrogens with zero attached hydrogens (tertiary/aromatic N) is 1. The summed E-state index contributed by atoms with van der Waals surface area (Å²) < 4.78 is 56.9. The molecule has 0 aliphatic rings. The molecule has 0 saturated heterocycles. The van der Waals surface area contributed by atoms with E-state index < -0.39 is 17.8 Å². The highest BCUT2D eigenvalue weighted by Crippen LogP contribution is 2.36. The Hall–Kier alpha value is -2.40. The number of benzene rings is 2. The zero-order chi connectivity index (χ0) is 18.7. The summed E-state index contributed by atoms with van der Waals surface area (Å²) in [5.74, 6) is 3.12. The molecule has 3 rings (SSSR count). The van der Waals surface area contributed by atoms with Crippen LogP contribution >= 0.6 is 12.0 Å². The molecule has 3 aromatic rings. The fraction of sp³-hybridized carbons (Fsp3) is 0.0625. The number of aromatic nitrogens is 2. The first-order valence-corrected chi connectivity index (χ1v) is 7.86. The molecule has 1 aromatic heterocycles. The second-order valence-corrected chi connectivity index (χ2v) is 5.86. The van der Waals surface area contributed by atoms with Crippen LogP contribution in [0.4, 0.5) is 17.6 Å². The first-order valence-electron chi connectivity index (χ1n) is 7.12. The lowest BCUT2D eigenvalue weighted by molar-refractivity contribution is -0.195. The molecule has 0 unspecified atom stereocenters. The van der Waals surface area contributed by atoms with Crippen molar-refractivity contribution >= 4 is 12.0 Å². The second-order valence-electron chi connectivity index (χ2n) is 5.09. The number of aromatic amines is 1. The van der Waals surface area contributed by atoms with Crippen LogP contribution in [0.25, 0.3) is 22.5 Å². The van der Waals surface area contributed by atoms with Crippen LogP contribution in [0, 0.1) is 5.82 Å². The molecule has 0 spiro atoms. The molecule has 0 aliphatic heterocycles. The Labute approximate surface area is 149 Å². The van der Waals surface area contributed by atoms with Crippen molar-refractivity contribution in [2.45, 2.75) is 11.1 Å². The molecule has 0 fully saturated rings. The molecule has 0 aliphatic carbocycles. The van der Waals surface area contributed by atoms with Crippen molar-refractivity contribution in [1.82, 2.24) is 9.97 Å². The minimum atomic E-state index is -4.64. The van der Waals surface area contributed by atoms with Crippen LogP contribution in [0.1, 0.15) is 5.82 Å². The van der Waals surface area contributed by atoms with Gasteiger partial charge in [-0.05, 0) is 36.4 Å². The van der Waals surface area contributed by atoms with Crippen molar-refractivity contribution < 1.29 is 26.9 Å². The van der Waals surface area contributed by atoms with Crippen LogP contribution < -0.4 is 5.90 Å². The van der Waals surface area contributed by atoms with Crippen molar-refractivity contribution in [2.75, 3.05) is 0 Å². The number of alkyl halides is 3. The molecule has 10 heteroatoms. The van der Waals surface area contributed by atoms with E-state index in [0.29, 0.717) is 16.0 Å². The molecule has 0 amide bonds. The molecule has 5 nitrogen and oxygen atoms in total. The number of nitrogens with two attached hydrogens (primary N) is 1. The lowest BCUT2D eigenvalue weighted by atomic mass is 10.1. The van der Waals surface area contributed by atoms with Crippen LogP contribution in [0.3, 0.4) is 0 Å². The zero-order valence-corrected chi connectivity index (χ0v) is 13.7. The van der Waals surface area contributed by atoms with E-state index in [1.807, 2.05) is 0 Å². The molecule has 0 saturated carbocycles. The summed E-state index contributed by atoms with van der Waals surface area (Å²) in [6.45, 7) is 0. The molecule has 26 heavy (non-hydrogen) atoms. The minimum absolute atomic E-state index is 0.0940. The summed E-state index contributed by atoms with van der Waals surface area (Å²) in [6.07, 6.45) is -4.64. The maximum absolute atomic E-state index is 13.1. The molecule has 1 heterocycles. The average molecular weight is 385 g/mol. The predicted octanol–water partition coefficient (Wildman–Crippen LogP) is 4.73. The van der Waals surface area contributed by atoms with E-state index in [1.165, 1.54) is 12.1 Å². The number of imidazole rings is 1. The predicted molar refractivity (Wildman–Crippen MR) is 86.6 cm³/mol. The largest absolute Gasteiger partial charge is 0.449 e. The van der Waals surface area contributed by atoms with Crippen LogP contribution in [-0.4, -0.2) is 9.97 Å². The Balaban J connectivity index is 2.04. The summed E-state index contributed by atoms with van der Waals surface area (Å²) in [7, 11) is 0. The molecule has 0 radical (unpaired) electrons. The van der Waals surface area contributed by atoms with E-state index in [4.69, 9.17) is 5.90 Å². The standard InChI is InChI=1S/C16H11F4N3O2S/c17-11-5-1-9(2-6-11)13-14(23-15(22-13)16(18,19)20)10-3-7-12(8-4-10)26-25-24-21/h1-8H,21H2,(H,22,23). The lowest BCUT2D eigenvalue weighted by Crippen LogP contribution is -2.07. The Bertz CT molecular complexity index is 880. The maximum Gasteiger partial charge on any atom is 0.449 e. The first kappa shape index (κ1) is 18.4. The van der Waals surface area contributed by atoms with E-state index in [9.17, 15) is 17.6 Å². The molecule has 136 valence electrons. The Morgan fingerprint density at radius 2 is 1.58 bits per heavy atom. The van der Waals surface area contributed by atoms with Gasteiger partial charge in [-0.15, -0.1) is 9.32 Å². The van der Waals surface area contributed by atoms with E-state index in [0.717, 1.165) is 24.2 Å². The van der Waals surface area contributed by atoms with Gasteiger partial charge in [0, 0.05) is 16.0 Å². The molecular formula is C16H11F4N3O2S. The van der Waals surface area contributed by atoms with Crippen molar-refractivity contribution in [3.8, 4) is 22.5 Å². The summed E-state index contributed by atoms with van der Waals surface area (Å²) in [5.41, 5.74) is 1.05. The normalized spacial score (nSPS) is 11.7. The van der Waals surface area contributed by atoms with Gasteiger partial charge in [0.25, 0.3) is 0 Å². The third-order valence-corrected chi connectivity index (χ3v) is 4.01. The van der Waals surface area contributed by atoms with E-state index in [-0.39, 0.29) is 11.4 Å². The second kappa shape index (κ2) is 7.46. The number of halogens is 4. The quantitative estimate of drug-likeness (QED) is 0.287. The van der Waals surface area contributed by atoms with Crippen LogP contribution in [0.15, 0.2) is 53.4 Å². The van der Waals surface area contributed by atoms with Gasteiger partial charge in [0.15, 0.2) is 0 Å². The fourth-order valence-electron chi connectivity index (χ4n) is 2.27. The summed E-state index contributed by atoms with van der Waals surface area (Å²) in [4.78, 5) is 10.6. The highest BCUT2D eigenvalue weighted by atomic mass is 32.2. The number of hydrogen-bond acceptors (Lipinski definition) is 5.